The van der Waals surface area contributed by atoms with Crippen molar-refractivity contribution in [1.29, 1.82) is 0 Å². The Balaban J connectivity index is 2.12. The first-order valence-electron chi connectivity index (χ1n) is 6.22. The maximum absolute atomic E-state index is 5.79. The second-order valence-electron chi connectivity index (χ2n) is 4.61. The molecular formula is C16H19NO2. The summed E-state index contributed by atoms with van der Waals surface area (Å²) in [7, 11) is 1.63. The van der Waals surface area contributed by atoms with Crippen molar-refractivity contribution >= 4 is 5.69 Å². The topological polar surface area (TPSA) is 44.5 Å². The summed E-state index contributed by atoms with van der Waals surface area (Å²) in [5, 5.41) is 0. The van der Waals surface area contributed by atoms with Gasteiger partial charge in [0, 0.05) is 17.3 Å². The summed E-state index contributed by atoms with van der Waals surface area (Å²) in [6, 6.07) is 11.7. The van der Waals surface area contributed by atoms with Gasteiger partial charge in [-0.2, -0.15) is 0 Å². The third-order valence-corrected chi connectivity index (χ3v) is 3.18. The van der Waals surface area contributed by atoms with E-state index in [1.54, 1.807) is 13.2 Å². The Bertz CT molecular complexity index is 579. The van der Waals surface area contributed by atoms with E-state index < -0.39 is 0 Å². The second-order valence-corrected chi connectivity index (χ2v) is 4.61. The molecule has 0 fully saturated rings. The summed E-state index contributed by atoms with van der Waals surface area (Å²) < 4.78 is 11.1. The van der Waals surface area contributed by atoms with Crippen LogP contribution in [0.2, 0.25) is 0 Å². The van der Waals surface area contributed by atoms with Crippen molar-refractivity contribution in [2.24, 2.45) is 0 Å². The molecule has 0 radical (unpaired) electrons. The van der Waals surface area contributed by atoms with Crippen molar-refractivity contribution in [2.45, 2.75) is 20.5 Å². The molecule has 2 N–H and O–H groups in total. The molecule has 0 aliphatic carbocycles. The molecule has 0 unspecified atom stereocenters. The fourth-order valence-corrected chi connectivity index (χ4v) is 1.85. The van der Waals surface area contributed by atoms with E-state index in [1.807, 2.05) is 24.3 Å². The van der Waals surface area contributed by atoms with Crippen LogP contribution in [-0.4, -0.2) is 7.11 Å². The summed E-state index contributed by atoms with van der Waals surface area (Å²) >= 11 is 0. The highest BCUT2D eigenvalue weighted by molar-refractivity contribution is 5.48. The number of nitrogens with two attached hydrogens (primary N) is 1. The number of nitrogen functional groups attached to an aromatic ring is 1. The maximum Gasteiger partial charge on any atom is 0.127 e. The van der Waals surface area contributed by atoms with Gasteiger partial charge in [0.15, 0.2) is 0 Å². The van der Waals surface area contributed by atoms with E-state index in [1.165, 1.54) is 11.1 Å². The zero-order chi connectivity index (χ0) is 13.8. The van der Waals surface area contributed by atoms with Gasteiger partial charge >= 0.3 is 0 Å². The van der Waals surface area contributed by atoms with E-state index in [0.29, 0.717) is 12.3 Å². The molecule has 0 aliphatic heterocycles. The summed E-state index contributed by atoms with van der Waals surface area (Å²) in [6.07, 6.45) is 0. The number of benzene rings is 2. The van der Waals surface area contributed by atoms with Crippen LogP contribution in [0.3, 0.4) is 0 Å². The number of ether oxygens (including phenoxy) is 2. The highest BCUT2D eigenvalue weighted by Gasteiger charge is 2.05. The molecule has 0 bridgehead atoms. The third kappa shape index (κ3) is 3.19. The fraction of sp³-hybridized carbons (Fsp3) is 0.250. The van der Waals surface area contributed by atoms with E-state index in [0.717, 1.165) is 17.1 Å². The fourth-order valence-electron chi connectivity index (χ4n) is 1.85. The molecule has 0 aromatic heterocycles. The zero-order valence-corrected chi connectivity index (χ0v) is 11.6. The minimum atomic E-state index is 0.464. The maximum atomic E-state index is 5.79. The molecule has 0 saturated carbocycles. The van der Waals surface area contributed by atoms with Crippen LogP contribution in [0.15, 0.2) is 36.4 Å². The van der Waals surface area contributed by atoms with Crippen LogP contribution < -0.4 is 15.2 Å². The van der Waals surface area contributed by atoms with Gasteiger partial charge in [0.05, 0.1) is 7.11 Å². The number of rotatable bonds is 4. The van der Waals surface area contributed by atoms with Crippen molar-refractivity contribution in [3.63, 3.8) is 0 Å². The number of methoxy groups -OCH3 is 1. The molecule has 0 heterocycles. The van der Waals surface area contributed by atoms with Gasteiger partial charge < -0.3 is 15.2 Å². The Hall–Kier alpha value is -2.16. The van der Waals surface area contributed by atoms with E-state index in [4.69, 9.17) is 15.2 Å². The average Bonchev–Trinajstić information content (AvgIpc) is 2.41. The molecule has 2 aromatic carbocycles. The van der Waals surface area contributed by atoms with E-state index in [-0.39, 0.29) is 0 Å². The lowest BCUT2D eigenvalue weighted by molar-refractivity contribution is 0.296. The summed E-state index contributed by atoms with van der Waals surface area (Å²) in [4.78, 5) is 0. The molecule has 2 rings (SSSR count). The van der Waals surface area contributed by atoms with Gasteiger partial charge in [0.1, 0.15) is 18.1 Å². The molecule has 0 spiro atoms. The van der Waals surface area contributed by atoms with Gasteiger partial charge in [0.25, 0.3) is 0 Å². The van der Waals surface area contributed by atoms with Gasteiger partial charge in [-0.15, -0.1) is 0 Å². The molecule has 3 nitrogen and oxygen atoms in total. The van der Waals surface area contributed by atoms with Crippen LogP contribution in [0.1, 0.15) is 16.7 Å². The minimum absolute atomic E-state index is 0.464. The van der Waals surface area contributed by atoms with Gasteiger partial charge in [-0.25, -0.2) is 0 Å². The van der Waals surface area contributed by atoms with E-state index >= 15 is 0 Å². The van der Waals surface area contributed by atoms with Crippen LogP contribution in [0.25, 0.3) is 0 Å². The van der Waals surface area contributed by atoms with Crippen molar-refractivity contribution in [1.82, 2.24) is 0 Å². The normalized spacial score (nSPS) is 10.3. The molecule has 0 atom stereocenters. The highest BCUT2D eigenvalue weighted by Crippen LogP contribution is 2.24. The van der Waals surface area contributed by atoms with Crippen LogP contribution >= 0.6 is 0 Å². The van der Waals surface area contributed by atoms with Gasteiger partial charge in [-0.05, 0) is 49.2 Å². The Morgan fingerprint density at radius 2 is 1.79 bits per heavy atom. The summed E-state index contributed by atoms with van der Waals surface area (Å²) in [6.45, 7) is 4.63. The lowest BCUT2D eigenvalue weighted by Crippen LogP contribution is -2.00. The Labute approximate surface area is 114 Å². The van der Waals surface area contributed by atoms with Crippen molar-refractivity contribution in [3.05, 3.63) is 53.1 Å². The standard InChI is InChI=1S/C16H19NO2/c1-11-4-7-15(8-12(11)2)19-10-13-5-6-14(17)9-16(13)18-3/h4-9H,10,17H2,1-3H3. The largest absolute Gasteiger partial charge is 0.496 e. The van der Waals surface area contributed by atoms with Crippen LogP contribution in [-0.2, 0) is 6.61 Å². The van der Waals surface area contributed by atoms with Crippen LogP contribution in [0.5, 0.6) is 11.5 Å². The minimum Gasteiger partial charge on any atom is -0.496 e. The van der Waals surface area contributed by atoms with Crippen LogP contribution in [0.4, 0.5) is 5.69 Å². The number of hydrogen-bond donors (Lipinski definition) is 1. The molecule has 0 saturated heterocycles. The Kier molecular flexibility index (Phi) is 3.95. The van der Waals surface area contributed by atoms with Gasteiger partial charge in [-0.3, -0.25) is 0 Å². The molecule has 0 aliphatic rings. The van der Waals surface area contributed by atoms with Gasteiger partial charge in [-0.1, -0.05) is 6.07 Å². The number of hydrogen-bond acceptors (Lipinski definition) is 3. The second kappa shape index (κ2) is 5.65. The Morgan fingerprint density at radius 1 is 1.00 bits per heavy atom. The molecule has 19 heavy (non-hydrogen) atoms. The lowest BCUT2D eigenvalue weighted by Gasteiger charge is -2.12. The van der Waals surface area contributed by atoms with Gasteiger partial charge in [0.2, 0.25) is 0 Å². The predicted octanol–water partition coefficient (Wildman–Crippen LogP) is 3.47. The van der Waals surface area contributed by atoms with Crippen molar-refractivity contribution < 1.29 is 9.47 Å². The molecule has 100 valence electrons. The molecule has 2 aromatic rings. The highest BCUT2D eigenvalue weighted by atomic mass is 16.5. The third-order valence-electron chi connectivity index (χ3n) is 3.18. The lowest BCUT2D eigenvalue weighted by atomic mass is 10.1. The molecular weight excluding hydrogens is 238 g/mol. The van der Waals surface area contributed by atoms with E-state index in [9.17, 15) is 0 Å². The first-order chi connectivity index (χ1) is 9.10. The summed E-state index contributed by atoms with van der Waals surface area (Å²) in [5.41, 5.74) is 9.88. The van der Waals surface area contributed by atoms with E-state index in [2.05, 4.69) is 19.9 Å². The quantitative estimate of drug-likeness (QED) is 0.853. The van der Waals surface area contributed by atoms with Crippen molar-refractivity contribution in [3.8, 4) is 11.5 Å². The predicted molar refractivity (Wildman–Crippen MR) is 77.7 cm³/mol. The first kappa shape index (κ1) is 13.3. The number of aryl methyl sites for hydroxylation is 2. The monoisotopic (exact) mass is 257 g/mol. The number of anilines is 1. The van der Waals surface area contributed by atoms with Crippen molar-refractivity contribution in [2.75, 3.05) is 12.8 Å². The Morgan fingerprint density at radius 3 is 2.47 bits per heavy atom. The van der Waals surface area contributed by atoms with Crippen LogP contribution in [0, 0.1) is 13.8 Å². The smallest absolute Gasteiger partial charge is 0.127 e. The SMILES string of the molecule is COc1cc(N)ccc1COc1ccc(C)c(C)c1. The zero-order valence-electron chi connectivity index (χ0n) is 11.6. The summed E-state index contributed by atoms with van der Waals surface area (Å²) in [5.74, 6) is 1.62. The molecule has 3 heteroatoms. The average molecular weight is 257 g/mol. The first-order valence-corrected chi connectivity index (χ1v) is 6.22. The molecule has 0 amide bonds.